The molecule has 116 valence electrons. The number of anilines is 1. The molecular formula is C16H12BrFN4O. The Kier molecular flexibility index (Phi) is 4.20. The Balaban J connectivity index is 1.87. The summed E-state index contributed by atoms with van der Waals surface area (Å²) in [6, 6.07) is 13.8. The first kappa shape index (κ1) is 15.4. The van der Waals surface area contributed by atoms with E-state index in [2.05, 4.69) is 26.0 Å². The van der Waals surface area contributed by atoms with Gasteiger partial charge in [-0.05, 0) is 30.3 Å². The Morgan fingerprint density at radius 2 is 1.96 bits per heavy atom. The van der Waals surface area contributed by atoms with E-state index in [-0.39, 0.29) is 11.5 Å². The van der Waals surface area contributed by atoms with Crippen LogP contribution in [0.5, 0.6) is 0 Å². The molecule has 2 aromatic carbocycles. The van der Waals surface area contributed by atoms with E-state index in [0.29, 0.717) is 4.47 Å². The Labute approximate surface area is 140 Å². The third kappa shape index (κ3) is 3.14. The first-order chi connectivity index (χ1) is 11.1. The van der Waals surface area contributed by atoms with Gasteiger partial charge in [0, 0.05) is 11.5 Å². The number of rotatable bonds is 3. The highest BCUT2D eigenvalue weighted by atomic mass is 79.9. The van der Waals surface area contributed by atoms with Gasteiger partial charge in [0.05, 0.1) is 11.4 Å². The van der Waals surface area contributed by atoms with Crippen LogP contribution in [0.3, 0.4) is 0 Å². The molecule has 7 heteroatoms. The molecule has 5 nitrogen and oxygen atoms in total. The van der Waals surface area contributed by atoms with Crippen molar-refractivity contribution in [2.75, 3.05) is 11.9 Å². The number of para-hydroxylation sites is 1. The van der Waals surface area contributed by atoms with Gasteiger partial charge < -0.3 is 4.90 Å². The van der Waals surface area contributed by atoms with Crippen LogP contribution < -0.4 is 4.90 Å². The third-order valence-electron chi connectivity index (χ3n) is 3.28. The van der Waals surface area contributed by atoms with E-state index in [1.54, 1.807) is 6.07 Å². The lowest BCUT2D eigenvalue weighted by Gasteiger charge is -2.16. The topological polar surface area (TPSA) is 51.0 Å². The lowest BCUT2D eigenvalue weighted by atomic mass is 10.3. The molecule has 3 rings (SSSR count). The van der Waals surface area contributed by atoms with Crippen LogP contribution in [0.25, 0.3) is 5.69 Å². The van der Waals surface area contributed by atoms with Crippen molar-refractivity contribution in [3.8, 4) is 5.69 Å². The van der Waals surface area contributed by atoms with Gasteiger partial charge in [-0.15, -0.1) is 5.10 Å². The first-order valence-electron chi connectivity index (χ1n) is 6.76. The Morgan fingerprint density at radius 1 is 1.22 bits per heavy atom. The molecule has 1 aromatic heterocycles. The highest BCUT2D eigenvalue weighted by Crippen LogP contribution is 2.23. The minimum Gasteiger partial charge on any atom is -0.306 e. The lowest BCUT2D eigenvalue weighted by Crippen LogP contribution is -2.28. The van der Waals surface area contributed by atoms with E-state index in [1.807, 2.05) is 30.3 Å². The minimum absolute atomic E-state index is 0.00123. The molecule has 0 atom stereocenters. The molecule has 1 amide bonds. The van der Waals surface area contributed by atoms with Crippen molar-refractivity contribution < 1.29 is 9.18 Å². The Hall–Kier alpha value is -2.54. The molecule has 0 radical (unpaired) electrons. The predicted molar refractivity (Wildman–Crippen MR) is 88.2 cm³/mol. The predicted octanol–water partition coefficient (Wildman–Crippen LogP) is 3.45. The average molecular weight is 375 g/mol. The molecule has 3 aromatic rings. The third-order valence-corrected chi connectivity index (χ3v) is 3.77. The Bertz CT molecular complexity index is 850. The van der Waals surface area contributed by atoms with Crippen LogP contribution in [0.15, 0.2) is 59.3 Å². The summed E-state index contributed by atoms with van der Waals surface area (Å²) < 4.78 is 16.1. The molecule has 1 heterocycles. The number of hydrogen-bond acceptors (Lipinski definition) is 3. The molecule has 0 aliphatic rings. The van der Waals surface area contributed by atoms with E-state index in [4.69, 9.17) is 0 Å². The summed E-state index contributed by atoms with van der Waals surface area (Å²) in [5.41, 5.74) is 0.950. The molecule has 0 saturated carbocycles. The van der Waals surface area contributed by atoms with Crippen LogP contribution in [0.4, 0.5) is 10.1 Å². The summed E-state index contributed by atoms with van der Waals surface area (Å²) in [6.07, 6.45) is 1.45. The van der Waals surface area contributed by atoms with E-state index < -0.39 is 11.7 Å². The van der Waals surface area contributed by atoms with E-state index >= 15 is 0 Å². The van der Waals surface area contributed by atoms with Gasteiger partial charge in [0.2, 0.25) is 5.82 Å². The molecule has 0 aliphatic carbocycles. The molecule has 0 spiro atoms. The SMILES string of the molecule is CN(C(=O)c1ncn(-c2ccccc2)n1)c1ccc(Br)cc1F. The number of halogens is 2. The van der Waals surface area contributed by atoms with Crippen molar-refractivity contribution in [3.05, 3.63) is 71.0 Å². The van der Waals surface area contributed by atoms with E-state index in [1.165, 1.54) is 35.1 Å². The molecule has 23 heavy (non-hydrogen) atoms. The number of carbonyl (C=O) groups excluding carboxylic acids is 1. The number of benzene rings is 2. The summed E-state index contributed by atoms with van der Waals surface area (Å²) in [5.74, 6) is -0.989. The summed E-state index contributed by atoms with van der Waals surface area (Å²) in [6.45, 7) is 0. The summed E-state index contributed by atoms with van der Waals surface area (Å²) in [4.78, 5) is 17.6. The van der Waals surface area contributed by atoms with Gasteiger partial charge >= 0.3 is 0 Å². The summed E-state index contributed by atoms with van der Waals surface area (Å²) >= 11 is 3.19. The van der Waals surface area contributed by atoms with Gasteiger partial charge in [0.25, 0.3) is 5.91 Å². The molecule has 0 fully saturated rings. The van der Waals surface area contributed by atoms with Gasteiger partial charge in [-0.1, -0.05) is 34.1 Å². The van der Waals surface area contributed by atoms with Gasteiger partial charge in [-0.25, -0.2) is 14.1 Å². The van der Waals surface area contributed by atoms with Crippen LogP contribution in [0, 0.1) is 5.82 Å². The van der Waals surface area contributed by atoms with Crippen LogP contribution in [-0.4, -0.2) is 27.7 Å². The van der Waals surface area contributed by atoms with Crippen molar-refractivity contribution in [2.45, 2.75) is 0 Å². The van der Waals surface area contributed by atoms with Crippen LogP contribution >= 0.6 is 15.9 Å². The number of hydrogen-bond donors (Lipinski definition) is 0. The van der Waals surface area contributed by atoms with Crippen LogP contribution in [0.2, 0.25) is 0 Å². The highest BCUT2D eigenvalue weighted by molar-refractivity contribution is 9.10. The normalized spacial score (nSPS) is 10.6. The van der Waals surface area contributed by atoms with Gasteiger partial charge in [-0.3, -0.25) is 4.79 Å². The monoisotopic (exact) mass is 374 g/mol. The number of amides is 1. The van der Waals surface area contributed by atoms with Gasteiger partial charge in [0.1, 0.15) is 12.1 Å². The number of nitrogens with zero attached hydrogens (tertiary/aromatic N) is 4. The number of aromatic nitrogens is 3. The zero-order chi connectivity index (χ0) is 16.4. The molecule has 0 bridgehead atoms. The zero-order valence-corrected chi connectivity index (χ0v) is 13.7. The van der Waals surface area contributed by atoms with Crippen molar-refractivity contribution in [1.29, 1.82) is 0 Å². The van der Waals surface area contributed by atoms with Gasteiger partial charge in [0.15, 0.2) is 0 Å². The first-order valence-corrected chi connectivity index (χ1v) is 7.56. The van der Waals surface area contributed by atoms with Crippen molar-refractivity contribution in [1.82, 2.24) is 14.8 Å². The van der Waals surface area contributed by atoms with E-state index in [9.17, 15) is 9.18 Å². The van der Waals surface area contributed by atoms with Crippen molar-refractivity contribution >= 4 is 27.5 Å². The van der Waals surface area contributed by atoms with Crippen molar-refractivity contribution in [2.24, 2.45) is 0 Å². The standard InChI is InChI=1S/C16H12BrFN4O/c1-21(14-8-7-11(17)9-13(14)18)16(23)15-19-10-22(20-15)12-5-3-2-4-6-12/h2-10H,1H3. The zero-order valence-electron chi connectivity index (χ0n) is 12.1. The second-order valence-corrected chi connectivity index (χ2v) is 5.72. The maximum atomic E-state index is 14.0. The largest absolute Gasteiger partial charge is 0.306 e. The highest BCUT2D eigenvalue weighted by Gasteiger charge is 2.20. The quantitative estimate of drug-likeness (QED) is 0.705. The Morgan fingerprint density at radius 3 is 2.65 bits per heavy atom. The number of carbonyl (C=O) groups is 1. The fourth-order valence-electron chi connectivity index (χ4n) is 2.08. The fourth-order valence-corrected chi connectivity index (χ4v) is 2.41. The van der Waals surface area contributed by atoms with Crippen molar-refractivity contribution in [3.63, 3.8) is 0 Å². The lowest BCUT2D eigenvalue weighted by molar-refractivity contribution is 0.0982. The second kappa shape index (κ2) is 6.29. The smallest absolute Gasteiger partial charge is 0.297 e. The van der Waals surface area contributed by atoms with Crippen LogP contribution in [-0.2, 0) is 0 Å². The maximum absolute atomic E-state index is 14.0. The average Bonchev–Trinajstić information content (AvgIpc) is 3.04. The maximum Gasteiger partial charge on any atom is 0.297 e. The molecule has 0 saturated heterocycles. The molecule has 0 aliphatic heterocycles. The summed E-state index contributed by atoms with van der Waals surface area (Å²) in [5, 5.41) is 4.16. The molecule has 0 N–H and O–H groups in total. The summed E-state index contributed by atoms with van der Waals surface area (Å²) in [7, 11) is 1.48. The van der Waals surface area contributed by atoms with Crippen LogP contribution in [0.1, 0.15) is 10.6 Å². The van der Waals surface area contributed by atoms with E-state index in [0.717, 1.165) is 5.69 Å². The molecular weight excluding hydrogens is 363 g/mol. The van der Waals surface area contributed by atoms with Gasteiger partial charge in [-0.2, -0.15) is 0 Å². The second-order valence-electron chi connectivity index (χ2n) is 4.81. The molecule has 0 unspecified atom stereocenters. The fraction of sp³-hybridized carbons (Fsp3) is 0.0625. The minimum atomic E-state index is -0.502.